The first-order valence-corrected chi connectivity index (χ1v) is 6.46. The predicted octanol–water partition coefficient (Wildman–Crippen LogP) is 2.31. The van der Waals surface area contributed by atoms with Gasteiger partial charge in [0, 0.05) is 18.8 Å². The molecule has 1 aromatic rings. The topological polar surface area (TPSA) is 57.6 Å². The Labute approximate surface area is 104 Å². The maximum atomic E-state index is 11.4. The summed E-state index contributed by atoms with van der Waals surface area (Å²) in [7, 11) is 1.63. The number of aryl methyl sites for hydroxylation is 1. The first kappa shape index (κ1) is 12.1. The van der Waals surface area contributed by atoms with Crippen molar-refractivity contribution < 1.29 is 14.7 Å². The van der Waals surface area contributed by atoms with Gasteiger partial charge in [0.05, 0.1) is 5.56 Å². The fourth-order valence-electron chi connectivity index (χ4n) is 2.15. The van der Waals surface area contributed by atoms with E-state index in [1.54, 1.807) is 7.05 Å². The summed E-state index contributed by atoms with van der Waals surface area (Å²) in [6.45, 7) is 1.45. The van der Waals surface area contributed by atoms with Crippen molar-refractivity contribution in [3.05, 3.63) is 16.0 Å². The molecule has 0 bridgehead atoms. The molecule has 1 aromatic heterocycles. The highest BCUT2D eigenvalue weighted by Gasteiger charge is 2.27. The van der Waals surface area contributed by atoms with E-state index in [0.29, 0.717) is 10.6 Å². The molecular formula is C12H15NO3S. The molecule has 17 heavy (non-hydrogen) atoms. The minimum atomic E-state index is -0.924. The number of hydrogen-bond acceptors (Lipinski definition) is 3. The molecular weight excluding hydrogens is 238 g/mol. The molecule has 0 aromatic carbocycles. The number of rotatable bonds is 2. The summed E-state index contributed by atoms with van der Waals surface area (Å²) in [5.41, 5.74) is 1.28. The van der Waals surface area contributed by atoms with Gasteiger partial charge in [-0.25, -0.2) is 4.79 Å². The van der Waals surface area contributed by atoms with E-state index in [4.69, 9.17) is 0 Å². The fourth-order valence-corrected chi connectivity index (χ4v) is 3.54. The SMILES string of the molecule is CC(=O)N(C)c1sc2c(c1C(=O)O)CCCC2. The van der Waals surface area contributed by atoms with Crippen molar-refractivity contribution in [1.82, 2.24) is 0 Å². The summed E-state index contributed by atoms with van der Waals surface area (Å²) in [5.74, 6) is -1.06. The van der Waals surface area contributed by atoms with Crippen LogP contribution in [-0.4, -0.2) is 24.0 Å². The third-order valence-electron chi connectivity index (χ3n) is 3.14. The van der Waals surface area contributed by atoms with Crippen molar-refractivity contribution in [3.63, 3.8) is 0 Å². The molecule has 2 rings (SSSR count). The number of fused-ring (bicyclic) bond motifs is 1. The van der Waals surface area contributed by atoms with Crippen molar-refractivity contribution in [3.8, 4) is 0 Å². The molecule has 0 fully saturated rings. The molecule has 0 aliphatic heterocycles. The number of hydrogen-bond donors (Lipinski definition) is 1. The van der Waals surface area contributed by atoms with E-state index in [0.717, 1.165) is 36.1 Å². The van der Waals surface area contributed by atoms with Gasteiger partial charge in [0.25, 0.3) is 0 Å². The monoisotopic (exact) mass is 253 g/mol. The number of carboxylic acid groups (broad SMARTS) is 1. The van der Waals surface area contributed by atoms with Crippen LogP contribution in [0, 0.1) is 0 Å². The van der Waals surface area contributed by atoms with Crippen molar-refractivity contribution in [1.29, 1.82) is 0 Å². The number of carbonyl (C=O) groups excluding carboxylic acids is 1. The number of aromatic carboxylic acids is 1. The molecule has 0 atom stereocenters. The largest absolute Gasteiger partial charge is 0.478 e. The highest BCUT2D eigenvalue weighted by Crippen LogP contribution is 2.39. The summed E-state index contributed by atoms with van der Waals surface area (Å²) in [5, 5.41) is 9.89. The summed E-state index contributed by atoms with van der Waals surface area (Å²) in [6, 6.07) is 0. The first-order chi connectivity index (χ1) is 8.02. The van der Waals surface area contributed by atoms with Crippen LogP contribution in [0.4, 0.5) is 5.00 Å². The van der Waals surface area contributed by atoms with Crippen LogP contribution in [0.2, 0.25) is 0 Å². The second-order valence-electron chi connectivity index (χ2n) is 4.27. The number of amides is 1. The standard InChI is InChI=1S/C12H15NO3S/c1-7(14)13(2)11-10(12(15)16)8-5-3-4-6-9(8)17-11/h3-6H2,1-2H3,(H,15,16). The van der Waals surface area contributed by atoms with Gasteiger partial charge in [-0.2, -0.15) is 0 Å². The lowest BCUT2D eigenvalue weighted by Crippen LogP contribution is -2.23. The van der Waals surface area contributed by atoms with Crippen LogP contribution in [0.5, 0.6) is 0 Å². The molecule has 1 heterocycles. The molecule has 0 saturated carbocycles. The van der Waals surface area contributed by atoms with Gasteiger partial charge in [0.1, 0.15) is 5.00 Å². The Hall–Kier alpha value is -1.36. The van der Waals surface area contributed by atoms with Crippen LogP contribution in [0.15, 0.2) is 0 Å². The Morgan fingerprint density at radius 2 is 1.94 bits per heavy atom. The smallest absolute Gasteiger partial charge is 0.339 e. The number of anilines is 1. The van der Waals surface area contributed by atoms with E-state index >= 15 is 0 Å². The van der Waals surface area contributed by atoms with Gasteiger partial charge in [-0.1, -0.05) is 0 Å². The van der Waals surface area contributed by atoms with Crippen LogP contribution >= 0.6 is 11.3 Å². The maximum absolute atomic E-state index is 11.4. The summed E-state index contributed by atoms with van der Waals surface area (Å²) < 4.78 is 0. The van der Waals surface area contributed by atoms with Gasteiger partial charge in [0.15, 0.2) is 0 Å². The molecule has 0 radical (unpaired) electrons. The van der Waals surface area contributed by atoms with Crippen LogP contribution in [0.25, 0.3) is 0 Å². The van der Waals surface area contributed by atoms with Crippen LogP contribution < -0.4 is 4.90 Å². The normalized spacial score (nSPS) is 14.2. The van der Waals surface area contributed by atoms with Crippen LogP contribution in [0.3, 0.4) is 0 Å². The van der Waals surface area contributed by atoms with E-state index in [-0.39, 0.29) is 5.91 Å². The van der Waals surface area contributed by atoms with Gasteiger partial charge >= 0.3 is 5.97 Å². The Morgan fingerprint density at radius 3 is 2.53 bits per heavy atom. The summed E-state index contributed by atoms with van der Waals surface area (Å²) in [6.07, 6.45) is 3.90. The third-order valence-corrected chi connectivity index (χ3v) is 4.51. The van der Waals surface area contributed by atoms with Crippen molar-refractivity contribution in [2.24, 2.45) is 0 Å². The predicted molar refractivity (Wildman–Crippen MR) is 67.0 cm³/mol. The molecule has 1 aliphatic rings. The molecule has 92 valence electrons. The van der Waals surface area contributed by atoms with Gasteiger partial charge < -0.3 is 10.0 Å². The van der Waals surface area contributed by atoms with Crippen LogP contribution in [0.1, 0.15) is 40.6 Å². The molecule has 5 heteroatoms. The Bertz CT molecular complexity index is 478. The highest BCUT2D eigenvalue weighted by atomic mass is 32.1. The van der Waals surface area contributed by atoms with Crippen molar-refractivity contribution in [2.45, 2.75) is 32.6 Å². The number of nitrogens with zero attached hydrogens (tertiary/aromatic N) is 1. The molecule has 4 nitrogen and oxygen atoms in total. The lowest BCUT2D eigenvalue weighted by Gasteiger charge is -2.14. The lowest BCUT2D eigenvalue weighted by atomic mass is 9.95. The van der Waals surface area contributed by atoms with E-state index in [1.165, 1.54) is 23.2 Å². The molecule has 0 spiro atoms. The average Bonchev–Trinajstić information content (AvgIpc) is 2.66. The average molecular weight is 253 g/mol. The van der Waals surface area contributed by atoms with Crippen molar-refractivity contribution >= 4 is 28.2 Å². The van der Waals surface area contributed by atoms with E-state index in [1.807, 2.05) is 0 Å². The molecule has 1 N–H and O–H groups in total. The Kier molecular flexibility index (Phi) is 3.19. The number of thiophene rings is 1. The number of carbonyl (C=O) groups is 2. The minimum Gasteiger partial charge on any atom is -0.478 e. The Balaban J connectivity index is 2.55. The molecule has 1 aliphatic carbocycles. The Morgan fingerprint density at radius 1 is 1.29 bits per heavy atom. The van der Waals surface area contributed by atoms with E-state index in [9.17, 15) is 14.7 Å². The van der Waals surface area contributed by atoms with E-state index in [2.05, 4.69) is 0 Å². The third kappa shape index (κ3) is 2.07. The zero-order chi connectivity index (χ0) is 12.6. The summed E-state index contributed by atoms with van der Waals surface area (Å²) >= 11 is 1.45. The van der Waals surface area contributed by atoms with Gasteiger partial charge in [-0.15, -0.1) is 11.3 Å². The zero-order valence-corrected chi connectivity index (χ0v) is 10.8. The second kappa shape index (κ2) is 4.49. The second-order valence-corrected chi connectivity index (χ2v) is 5.36. The van der Waals surface area contributed by atoms with Crippen LogP contribution in [-0.2, 0) is 17.6 Å². The molecule has 0 unspecified atom stereocenters. The number of carboxylic acids is 1. The first-order valence-electron chi connectivity index (χ1n) is 5.64. The van der Waals surface area contributed by atoms with Gasteiger partial charge in [-0.05, 0) is 31.2 Å². The summed E-state index contributed by atoms with van der Waals surface area (Å²) in [4.78, 5) is 25.3. The lowest BCUT2D eigenvalue weighted by molar-refractivity contribution is -0.116. The minimum absolute atomic E-state index is 0.133. The molecule has 1 amide bonds. The van der Waals surface area contributed by atoms with E-state index < -0.39 is 5.97 Å². The highest BCUT2D eigenvalue weighted by molar-refractivity contribution is 7.17. The quantitative estimate of drug-likeness (QED) is 0.880. The molecule has 0 saturated heterocycles. The zero-order valence-electron chi connectivity index (χ0n) is 9.95. The van der Waals surface area contributed by atoms with Crippen molar-refractivity contribution in [2.75, 3.05) is 11.9 Å². The fraction of sp³-hybridized carbons (Fsp3) is 0.500. The van der Waals surface area contributed by atoms with Gasteiger partial charge in [-0.3, -0.25) is 4.79 Å². The van der Waals surface area contributed by atoms with Gasteiger partial charge in [0.2, 0.25) is 5.91 Å². The maximum Gasteiger partial charge on any atom is 0.339 e.